The highest BCUT2D eigenvalue weighted by Gasteiger charge is 2.25. The van der Waals surface area contributed by atoms with E-state index in [4.69, 9.17) is 13.8 Å². The summed E-state index contributed by atoms with van der Waals surface area (Å²) in [6, 6.07) is 54.5. The van der Waals surface area contributed by atoms with Gasteiger partial charge in [-0.25, -0.2) is 4.98 Å². The number of aromatic nitrogens is 4. The SMILES string of the molecule is [2H]c1c([2H])c([2H])c(-c2cc(-c3cccc(C(C)(C)C)c3)c(-[n+]3[c-]n(-c4cccc(Oc5ccc6c7ccccc7n(-c7cc(C(C)(C)C)ccn7)c6c5)c4)c4ccccc43)c(-c3cccc(C(C)(C)C)c3)c2)c([2H])c1[2H]. The molecule has 3 aromatic heterocycles. The molecule has 0 bridgehead atoms. The van der Waals surface area contributed by atoms with Crippen molar-refractivity contribution < 1.29 is 16.2 Å². The Balaban J connectivity index is 1.11. The predicted octanol–water partition coefficient (Wildman–Crippen LogP) is 16.9. The molecule has 11 aromatic rings. The second kappa shape index (κ2) is 17.4. The van der Waals surface area contributed by atoms with Crippen molar-refractivity contribution in [2.24, 2.45) is 0 Å². The molecule has 0 saturated heterocycles. The first-order valence-electron chi connectivity index (χ1n) is 26.9. The number of imidazole rings is 1. The molecule has 0 aliphatic heterocycles. The molecule has 0 unspecified atom stereocenters. The summed E-state index contributed by atoms with van der Waals surface area (Å²) >= 11 is 0. The summed E-state index contributed by atoms with van der Waals surface area (Å²) in [7, 11) is 0. The van der Waals surface area contributed by atoms with Gasteiger partial charge in [0.2, 0.25) is 0 Å². The van der Waals surface area contributed by atoms with Crippen LogP contribution in [0, 0.1) is 6.33 Å². The third-order valence-corrected chi connectivity index (χ3v) is 13.6. The molecule has 0 saturated carbocycles. The smallest absolute Gasteiger partial charge is 0.269 e. The third kappa shape index (κ3) is 8.60. The second-order valence-corrected chi connectivity index (χ2v) is 21.6. The summed E-state index contributed by atoms with van der Waals surface area (Å²) in [4.78, 5) is 4.89. The standard InChI is InChI=1S/C66H60N4O/c1-64(2,3)48-24-17-22-45(36-48)56-38-47(44-20-11-10-12-21-44)39-57(46-23-18-25-49(37-46)65(4,5)6)63(56)69-43-68(59-30-15-16-31-60(59)69)51-26-19-27-52(41-51)71-53-32-33-55-54-28-13-14-29-58(54)70(61(55)42-53)62-40-50(34-35-67-62)66(7,8)9/h10-42H,1-9H3/i10D,11D,12D,20D,21D. The van der Waals surface area contributed by atoms with Crippen LogP contribution in [0.2, 0.25) is 0 Å². The minimum absolute atomic E-state index is 0.0553. The maximum atomic E-state index is 9.20. The van der Waals surface area contributed by atoms with Gasteiger partial charge < -0.3 is 4.74 Å². The number of hydrogen-bond donors (Lipinski definition) is 0. The van der Waals surface area contributed by atoms with E-state index in [9.17, 15) is 2.74 Å². The topological polar surface area (TPSA) is 35.9 Å². The maximum absolute atomic E-state index is 9.20. The van der Waals surface area contributed by atoms with Gasteiger partial charge in [-0.2, -0.15) is 0 Å². The fraction of sp³-hybridized carbons (Fsp3) is 0.182. The van der Waals surface area contributed by atoms with Crippen LogP contribution in [0.4, 0.5) is 0 Å². The van der Waals surface area contributed by atoms with Crippen molar-refractivity contribution in [3.8, 4) is 62.1 Å². The van der Waals surface area contributed by atoms with E-state index in [0.717, 1.165) is 83.4 Å². The van der Waals surface area contributed by atoms with E-state index in [-0.39, 0.29) is 46.0 Å². The molecule has 0 aliphatic carbocycles. The Morgan fingerprint density at radius 2 is 1.08 bits per heavy atom. The van der Waals surface area contributed by atoms with Gasteiger partial charge in [0, 0.05) is 23.0 Å². The number of pyridine rings is 1. The lowest BCUT2D eigenvalue weighted by atomic mass is 9.83. The molecule has 8 aromatic carbocycles. The van der Waals surface area contributed by atoms with Crippen LogP contribution in [0.15, 0.2) is 200 Å². The zero-order chi connectivity index (χ0) is 53.6. The fourth-order valence-electron chi connectivity index (χ4n) is 9.67. The molecular formula is C66H60N4O. The van der Waals surface area contributed by atoms with Gasteiger partial charge >= 0.3 is 0 Å². The van der Waals surface area contributed by atoms with E-state index in [0.29, 0.717) is 17.1 Å². The monoisotopic (exact) mass is 930 g/mol. The first kappa shape index (κ1) is 39.8. The van der Waals surface area contributed by atoms with E-state index < -0.39 is 6.04 Å². The number of para-hydroxylation sites is 3. The molecular weight excluding hydrogens is 865 g/mol. The minimum atomic E-state index is -0.431. The summed E-state index contributed by atoms with van der Waals surface area (Å²) in [5.41, 5.74) is 12.6. The molecule has 0 aliphatic rings. The van der Waals surface area contributed by atoms with Gasteiger partial charge in [0.05, 0.1) is 40.3 Å². The van der Waals surface area contributed by atoms with E-state index >= 15 is 0 Å². The Morgan fingerprint density at radius 3 is 1.76 bits per heavy atom. The van der Waals surface area contributed by atoms with Gasteiger partial charge in [-0.15, -0.1) is 0 Å². The van der Waals surface area contributed by atoms with Crippen LogP contribution in [-0.4, -0.2) is 14.1 Å². The Labute approximate surface area is 425 Å². The molecule has 3 heterocycles. The van der Waals surface area contributed by atoms with Crippen LogP contribution in [0.5, 0.6) is 11.5 Å². The average molecular weight is 930 g/mol. The lowest BCUT2D eigenvalue weighted by Gasteiger charge is -2.24. The van der Waals surface area contributed by atoms with E-state index in [1.807, 2.05) is 54.7 Å². The average Bonchev–Trinajstić information content (AvgIpc) is 4.06. The number of benzene rings is 8. The number of nitrogens with zero attached hydrogens (tertiary/aromatic N) is 4. The minimum Gasteiger partial charge on any atom is -0.458 e. The molecule has 5 heteroatoms. The zero-order valence-electron chi connectivity index (χ0n) is 46.9. The van der Waals surface area contributed by atoms with Gasteiger partial charge in [-0.05, 0) is 127 Å². The molecule has 71 heavy (non-hydrogen) atoms. The lowest BCUT2D eigenvalue weighted by Crippen LogP contribution is -2.31. The van der Waals surface area contributed by atoms with Gasteiger partial charge in [0.15, 0.2) is 0 Å². The maximum Gasteiger partial charge on any atom is 0.269 e. The van der Waals surface area contributed by atoms with Crippen LogP contribution in [0.1, 0.15) is 85.9 Å². The highest BCUT2D eigenvalue weighted by molar-refractivity contribution is 6.09. The van der Waals surface area contributed by atoms with Crippen LogP contribution >= 0.6 is 0 Å². The summed E-state index contributed by atoms with van der Waals surface area (Å²) in [5.74, 6) is 2.17. The van der Waals surface area contributed by atoms with Crippen molar-refractivity contribution >= 4 is 32.8 Å². The Kier molecular flexibility index (Phi) is 9.77. The normalized spacial score (nSPS) is 13.3. The van der Waals surface area contributed by atoms with E-state index in [1.165, 1.54) is 5.56 Å². The molecule has 11 rings (SSSR count). The fourth-order valence-corrected chi connectivity index (χ4v) is 9.67. The van der Waals surface area contributed by atoms with E-state index in [2.05, 4.69) is 198 Å². The molecule has 0 atom stereocenters. The van der Waals surface area contributed by atoms with Crippen molar-refractivity contribution in [3.63, 3.8) is 0 Å². The summed E-state index contributed by atoms with van der Waals surface area (Å²) < 4.78 is 57.5. The Hall–Kier alpha value is -8.02. The van der Waals surface area contributed by atoms with Gasteiger partial charge in [0.1, 0.15) is 17.3 Å². The van der Waals surface area contributed by atoms with E-state index in [1.54, 1.807) is 0 Å². The van der Waals surface area contributed by atoms with Gasteiger partial charge in [0.25, 0.3) is 6.33 Å². The van der Waals surface area contributed by atoms with Crippen molar-refractivity contribution in [1.82, 2.24) is 14.1 Å². The molecule has 350 valence electrons. The molecule has 0 N–H and O–H groups in total. The number of fused-ring (bicyclic) bond motifs is 4. The summed E-state index contributed by atoms with van der Waals surface area (Å²) in [6.07, 6.45) is 5.71. The van der Waals surface area contributed by atoms with Crippen LogP contribution in [-0.2, 0) is 16.2 Å². The first-order valence-corrected chi connectivity index (χ1v) is 24.4. The number of rotatable bonds is 8. The first-order chi connectivity index (χ1) is 36.2. The predicted molar refractivity (Wildman–Crippen MR) is 295 cm³/mol. The Bertz CT molecular complexity index is 4000. The zero-order valence-corrected chi connectivity index (χ0v) is 41.9. The molecule has 5 nitrogen and oxygen atoms in total. The van der Waals surface area contributed by atoms with Crippen LogP contribution < -0.4 is 9.30 Å². The lowest BCUT2D eigenvalue weighted by molar-refractivity contribution is -0.571. The third-order valence-electron chi connectivity index (χ3n) is 13.6. The van der Waals surface area contributed by atoms with Crippen molar-refractivity contribution in [3.05, 3.63) is 223 Å². The second-order valence-electron chi connectivity index (χ2n) is 21.6. The summed E-state index contributed by atoms with van der Waals surface area (Å²) in [5, 5.41) is 2.24. The summed E-state index contributed by atoms with van der Waals surface area (Å²) in [6.45, 7) is 19.8. The highest BCUT2D eigenvalue weighted by atomic mass is 16.5. The molecule has 0 spiro atoms. The molecule has 0 amide bonds. The van der Waals surface area contributed by atoms with Crippen LogP contribution in [0.25, 0.3) is 83.4 Å². The largest absolute Gasteiger partial charge is 0.458 e. The van der Waals surface area contributed by atoms with Crippen molar-refractivity contribution in [2.45, 2.75) is 78.6 Å². The number of hydrogen-bond acceptors (Lipinski definition) is 2. The van der Waals surface area contributed by atoms with Gasteiger partial charge in [-0.3, -0.25) is 13.7 Å². The Morgan fingerprint density at radius 1 is 0.493 bits per heavy atom. The van der Waals surface area contributed by atoms with Crippen LogP contribution in [0.3, 0.4) is 0 Å². The van der Waals surface area contributed by atoms with Crippen molar-refractivity contribution in [2.75, 3.05) is 0 Å². The van der Waals surface area contributed by atoms with Gasteiger partial charge in [-0.1, -0.05) is 190 Å². The van der Waals surface area contributed by atoms with Crippen molar-refractivity contribution in [1.29, 1.82) is 0 Å². The molecule has 0 radical (unpaired) electrons. The molecule has 0 fully saturated rings. The highest BCUT2D eigenvalue weighted by Crippen LogP contribution is 2.42. The number of ether oxygens (including phenoxy) is 1. The quantitative estimate of drug-likeness (QED) is 0.112.